The van der Waals surface area contributed by atoms with Crippen LogP contribution in [0.1, 0.15) is 20.8 Å². The fourth-order valence-corrected chi connectivity index (χ4v) is 2.53. The van der Waals surface area contributed by atoms with Gasteiger partial charge in [-0.2, -0.15) is 11.8 Å². The lowest BCUT2D eigenvalue weighted by atomic mass is 9.94. The number of rotatable bonds is 5. The lowest BCUT2D eigenvalue weighted by Crippen LogP contribution is -2.49. The fraction of sp³-hybridized carbons (Fsp3) is 0.917. The van der Waals surface area contributed by atoms with Crippen molar-refractivity contribution < 1.29 is 9.90 Å². The summed E-state index contributed by atoms with van der Waals surface area (Å²) in [5, 5.41) is 12.4. The molecule has 0 saturated carbocycles. The number of nitrogens with one attached hydrogen (secondary N) is 1. The molecule has 0 aromatic carbocycles. The Hall–Kier alpha value is 0.0300. The maximum atomic E-state index is 12.1. The highest BCUT2D eigenvalue weighted by Gasteiger charge is 2.24. The third-order valence-electron chi connectivity index (χ3n) is 3.01. The zero-order chi connectivity index (χ0) is 12.9. The predicted molar refractivity (Wildman–Crippen MR) is 79.5 cm³/mol. The molecule has 0 radical (unpaired) electrons. The molecule has 1 fully saturated rings. The number of aliphatic hydroxyl groups excluding tert-OH is 1. The van der Waals surface area contributed by atoms with Gasteiger partial charge in [0.1, 0.15) is 0 Å². The van der Waals surface area contributed by atoms with Gasteiger partial charge < -0.3 is 15.3 Å². The molecule has 1 saturated heterocycles. The second-order valence-corrected chi connectivity index (χ2v) is 6.59. The first-order chi connectivity index (χ1) is 7.96. The highest BCUT2D eigenvalue weighted by Crippen LogP contribution is 2.13. The maximum absolute atomic E-state index is 12.1. The normalized spacial score (nSPS) is 18.1. The quantitative estimate of drug-likeness (QED) is 0.794. The van der Waals surface area contributed by atoms with Gasteiger partial charge in [0.05, 0.1) is 6.04 Å². The van der Waals surface area contributed by atoms with Crippen molar-refractivity contribution in [2.24, 2.45) is 5.41 Å². The zero-order valence-corrected chi connectivity index (χ0v) is 13.1. The number of aliphatic hydroxyl groups is 1. The number of hydrogen-bond acceptors (Lipinski definition) is 4. The van der Waals surface area contributed by atoms with Gasteiger partial charge >= 0.3 is 0 Å². The molecule has 18 heavy (non-hydrogen) atoms. The minimum absolute atomic E-state index is 0. The molecule has 0 spiro atoms. The van der Waals surface area contributed by atoms with Gasteiger partial charge in [0.15, 0.2) is 0 Å². The standard InChI is InChI=1S/C12H24N2O2S.ClH/c1-10(13-8-12(2,3)9-15)11(16)14-4-6-17-7-5-14;/h10,13,15H,4-9H2,1-3H3;1H/t10-;/m0./s1. The summed E-state index contributed by atoms with van der Waals surface area (Å²) in [6, 6.07) is -0.163. The van der Waals surface area contributed by atoms with Gasteiger partial charge in [0, 0.05) is 43.2 Å². The first-order valence-corrected chi connectivity index (χ1v) is 7.32. The van der Waals surface area contributed by atoms with E-state index >= 15 is 0 Å². The van der Waals surface area contributed by atoms with Crippen LogP contribution in [0.2, 0.25) is 0 Å². The molecule has 1 heterocycles. The molecule has 4 nitrogen and oxygen atoms in total. The van der Waals surface area contributed by atoms with Crippen molar-refractivity contribution in [3.05, 3.63) is 0 Å². The summed E-state index contributed by atoms with van der Waals surface area (Å²) in [5.41, 5.74) is -0.174. The van der Waals surface area contributed by atoms with Gasteiger partial charge in [-0.1, -0.05) is 13.8 Å². The second kappa shape index (κ2) is 8.25. The Morgan fingerprint density at radius 2 is 2.00 bits per heavy atom. The number of hydrogen-bond donors (Lipinski definition) is 2. The Labute approximate surface area is 120 Å². The lowest BCUT2D eigenvalue weighted by molar-refractivity contribution is -0.132. The van der Waals surface area contributed by atoms with Crippen molar-refractivity contribution in [3.8, 4) is 0 Å². The number of amides is 1. The van der Waals surface area contributed by atoms with Crippen LogP contribution in [0.3, 0.4) is 0 Å². The molecule has 0 aliphatic carbocycles. The molecule has 1 aliphatic heterocycles. The van der Waals surface area contributed by atoms with E-state index in [9.17, 15) is 4.79 Å². The molecule has 1 amide bonds. The van der Waals surface area contributed by atoms with Gasteiger partial charge in [-0.15, -0.1) is 12.4 Å². The van der Waals surface area contributed by atoms with Crippen LogP contribution in [0.5, 0.6) is 0 Å². The average molecular weight is 297 g/mol. The van der Waals surface area contributed by atoms with Crippen molar-refractivity contribution in [3.63, 3.8) is 0 Å². The summed E-state index contributed by atoms with van der Waals surface area (Å²) >= 11 is 1.90. The third kappa shape index (κ3) is 5.78. The van der Waals surface area contributed by atoms with E-state index in [0.717, 1.165) is 24.6 Å². The van der Waals surface area contributed by atoms with Gasteiger partial charge in [-0.3, -0.25) is 4.79 Å². The van der Waals surface area contributed by atoms with E-state index < -0.39 is 0 Å². The summed E-state index contributed by atoms with van der Waals surface area (Å²) in [6.07, 6.45) is 0. The molecule has 1 atom stereocenters. The first-order valence-electron chi connectivity index (χ1n) is 6.17. The molecule has 0 bridgehead atoms. The van der Waals surface area contributed by atoms with Gasteiger partial charge in [0.25, 0.3) is 0 Å². The number of nitrogens with zero attached hydrogens (tertiary/aromatic N) is 1. The van der Waals surface area contributed by atoms with E-state index in [1.165, 1.54) is 0 Å². The van der Waals surface area contributed by atoms with Crippen molar-refractivity contribution in [2.75, 3.05) is 37.7 Å². The summed E-state index contributed by atoms with van der Waals surface area (Å²) in [7, 11) is 0. The minimum Gasteiger partial charge on any atom is -0.396 e. The van der Waals surface area contributed by atoms with Gasteiger partial charge in [-0.25, -0.2) is 0 Å². The third-order valence-corrected chi connectivity index (χ3v) is 3.95. The predicted octanol–water partition coefficient (Wildman–Crippen LogP) is 0.980. The summed E-state index contributed by atoms with van der Waals surface area (Å²) in [6.45, 7) is 8.36. The Kier molecular flexibility index (Phi) is 8.26. The fourth-order valence-electron chi connectivity index (χ4n) is 1.63. The molecule has 1 rings (SSSR count). The Morgan fingerprint density at radius 1 is 1.44 bits per heavy atom. The number of carbonyl (C=O) groups is 1. The molecule has 0 aromatic heterocycles. The van der Waals surface area contributed by atoms with E-state index in [2.05, 4.69) is 5.32 Å². The van der Waals surface area contributed by atoms with E-state index in [1.807, 2.05) is 37.4 Å². The maximum Gasteiger partial charge on any atom is 0.239 e. The number of carbonyl (C=O) groups excluding carboxylic acids is 1. The molecule has 6 heteroatoms. The lowest BCUT2D eigenvalue weighted by Gasteiger charge is -2.31. The molecule has 1 aliphatic rings. The largest absolute Gasteiger partial charge is 0.396 e. The van der Waals surface area contributed by atoms with E-state index in [1.54, 1.807) is 0 Å². The van der Waals surface area contributed by atoms with E-state index in [4.69, 9.17) is 5.11 Å². The highest BCUT2D eigenvalue weighted by atomic mass is 35.5. The van der Waals surface area contributed by atoms with Crippen molar-refractivity contribution in [1.29, 1.82) is 0 Å². The van der Waals surface area contributed by atoms with Crippen LogP contribution in [0, 0.1) is 5.41 Å². The van der Waals surface area contributed by atoms with Crippen molar-refractivity contribution in [1.82, 2.24) is 10.2 Å². The Balaban J connectivity index is 0.00000289. The zero-order valence-electron chi connectivity index (χ0n) is 11.4. The summed E-state index contributed by atoms with van der Waals surface area (Å²) in [4.78, 5) is 14.0. The van der Waals surface area contributed by atoms with Gasteiger partial charge in [-0.05, 0) is 6.92 Å². The van der Waals surface area contributed by atoms with Crippen LogP contribution in [0.4, 0.5) is 0 Å². The molecule has 108 valence electrons. The van der Waals surface area contributed by atoms with E-state index in [-0.39, 0.29) is 36.4 Å². The van der Waals surface area contributed by atoms with Crippen LogP contribution in [0.15, 0.2) is 0 Å². The molecule has 0 unspecified atom stereocenters. The molecular formula is C12H25ClN2O2S. The van der Waals surface area contributed by atoms with Crippen LogP contribution in [0.25, 0.3) is 0 Å². The summed E-state index contributed by atoms with van der Waals surface area (Å²) in [5.74, 6) is 2.26. The second-order valence-electron chi connectivity index (χ2n) is 5.36. The number of halogens is 1. The average Bonchev–Trinajstić information content (AvgIpc) is 2.36. The summed E-state index contributed by atoms with van der Waals surface area (Å²) < 4.78 is 0. The van der Waals surface area contributed by atoms with Gasteiger partial charge in [0.2, 0.25) is 5.91 Å². The van der Waals surface area contributed by atoms with Crippen LogP contribution < -0.4 is 5.32 Å². The van der Waals surface area contributed by atoms with Crippen molar-refractivity contribution in [2.45, 2.75) is 26.8 Å². The monoisotopic (exact) mass is 296 g/mol. The molecule has 0 aromatic rings. The topological polar surface area (TPSA) is 52.6 Å². The molecular weight excluding hydrogens is 272 g/mol. The molecule has 2 N–H and O–H groups in total. The van der Waals surface area contributed by atoms with Crippen LogP contribution >= 0.6 is 24.2 Å². The highest BCUT2D eigenvalue weighted by molar-refractivity contribution is 7.99. The smallest absolute Gasteiger partial charge is 0.239 e. The number of thioether (sulfide) groups is 1. The first kappa shape index (κ1) is 18.0. The van der Waals surface area contributed by atoms with E-state index in [0.29, 0.717) is 6.54 Å². The SMILES string of the molecule is C[C@H](NCC(C)(C)CO)C(=O)N1CCSCC1.Cl. The Bertz CT molecular complexity index is 258. The van der Waals surface area contributed by atoms with Crippen LogP contribution in [-0.2, 0) is 4.79 Å². The minimum atomic E-state index is -0.174. The van der Waals surface area contributed by atoms with Crippen molar-refractivity contribution >= 4 is 30.1 Å². The Morgan fingerprint density at radius 3 is 2.50 bits per heavy atom. The van der Waals surface area contributed by atoms with Crippen LogP contribution in [-0.4, -0.2) is 59.7 Å².